The van der Waals surface area contributed by atoms with Crippen LogP contribution in [0, 0.1) is 6.92 Å². The molecule has 0 unspecified atom stereocenters. The molecule has 3 aromatic rings. The fourth-order valence-electron chi connectivity index (χ4n) is 2.15. The van der Waals surface area contributed by atoms with E-state index in [4.69, 9.17) is 4.74 Å². The summed E-state index contributed by atoms with van der Waals surface area (Å²) in [6, 6.07) is 12.3. The summed E-state index contributed by atoms with van der Waals surface area (Å²) in [5.74, 6) is -0.110. The Bertz CT molecular complexity index is 920. The highest BCUT2D eigenvalue weighted by Gasteiger charge is 2.12. The van der Waals surface area contributed by atoms with Crippen molar-refractivity contribution in [1.82, 2.24) is 15.8 Å². The van der Waals surface area contributed by atoms with Crippen molar-refractivity contribution in [3.63, 3.8) is 0 Å². The molecule has 24 heavy (non-hydrogen) atoms. The first kappa shape index (κ1) is 15.9. The zero-order valence-electron chi connectivity index (χ0n) is 13.1. The molecule has 0 aliphatic rings. The summed E-state index contributed by atoms with van der Waals surface area (Å²) in [4.78, 5) is 29.9. The third kappa shape index (κ3) is 3.36. The zero-order valence-corrected chi connectivity index (χ0v) is 13.9. The minimum absolute atomic E-state index is 0.218. The van der Waals surface area contributed by atoms with Gasteiger partial charge in [0.2, 0.25) is 0 Å². The number of ether oxygens (including phenoxy) is 1. The molecule has 0 bridgehead atoms. The van der Waals surface area contributed by atoms with E-state index in [0.29, 0.717) is 10.4 Å². The van der Waals surface area contributed by atoms with E-state index < -0.39 is 5.91 Å². The molecule has 2 N–H and O–H groups in total. The molecule has 0 saturated carbocycles. The van der Waals surface area contributed by atoms with E-state index in [2.05, 4.69) is 15.8 Å². The predicted octanol–water partition coefficient (Wildman–Crippen LogP) is 2.69. The quantitative estimate of drug-likeness (QED) is 0.718. The van der Waals surface area contributed by atoms with Crippen molar-refractivity contribution in [2.24, 2.45) is 0 Å². The molecular weight excluding hydrogens is 326 g/mol. The Hall–Kier alpha value is -2.93. The Morgan fingerprint density at radius 3 is 2.54 bits per heavy atom. The number of aryl methyl sites for hydroxylation is 1. The summed E-state index contributed by atoms with van der Waals surface area (Å²) in [5.41, 5.74) is 5.65. The van der Waals surface area contributed by atoms with Crippen LogP contribution in [0.3, 0.4) is 0 Å². The van der Waals surface area contributed by atoms with Crippen LogP contribution in [0.5, 0.6) is 5.75 Å². The van der Waals surface area contributed by atoms with E-state index in [1.807, 2.05) is 19.1 Å². The minimum Gasteiger partial charge on any atom is -0.497 e. The molecule has 122 valence electrons. The number of methoxy groups -OCH3 is 1. The van der Waals surface area contributed by atoms with Crippen LogP contribution < -0.4 is 15.6 Å². The van der Waals surface area contributed by atoms with Crippen LogP contribution in [0.2, 0.25) is 0 Å². The lowest BCUT2D eigenvalue weighted by Gasteiger charge is -2.07. The molecule has 6 nitrogen and oxygen atoms in total. The molecule has 0 aliphatic carbocycles. The van der Waals surface area contributed by atoms with Crippen molar-refractivity contribution in [3.05, 3.63) is 57.9 Å². The Kier molecular flexibility index (Phi) is 4.43. The van der Waals surface area contributed by atoms with Crippen LogP contribution in [-0.2, 0) is 0 Å². The van der Waals surface area contributed by atoms with E-state index >= 15 is 0 Å². The SMILES string of the molecule is COc1ccc2nc(C(=O)NNC(=O)c3ccc(C)s3)ccc2c1. The van der Waals surface area contributed by atoms with Gasteiger partial charge in [-0.15, -0.1) is 11.3 Å². The second-order valence-corrected chi connectivity index (χ2v) is 6.36. The highest BCUT2D eigenvalue weighted by molar-refractivity contribution is 7.13. The smallest absolute Gasteiger partial charge is 0.288 e. The van der Waals surface area contributed by atoms with E-state index in [9.17, 15) is 9.59 Å². The van der Waals surface area contributed by atoms with Crippen molar-refractivity contribution < 1.29 is 14.3 Å². The Morgan fingerprint density at radius 1 is 1.04 bits per heavy atom. The van der Waals surface area contributed by atoms with Gasteiger partial charge in [-0.2, -0.15) is 0 Å². The fraction of sp³-hybridized carbons (Fsp3) is 0.118. The number of carbonyl (C=O) groups excluding carboxylic acids is 2. The predicted molar refractivity (Wildman–Crippen MR) is 92.3 cm³/mol. The van der Waals surface area contributed by atoms with E-state index in [1.165, 1.54) is 11.3 Å². The number of carbonyl (C=O) groups is 2. The van der Waals surface area contributed by atoms with Crippen molar-refractivity contribution in [1.29, 1.82) is 0 Å². The number of hydrogen-bond acceptors (Lipinski definition) is 5. The molecule has 1 aromatic carbocycles. The number of rotatable bonds is 3. The molecule has 3 rings (SSSR count). The van der Waals surface area contributed by atoms with Crippen LogP contribution in [-0.4, -0.2) is 23.9 Å². The highest BCUT2D eigenvalue weighted by Crippen LogP contribution is 2.19. The maximum absolute atomic E-state index is 12.1. The number of amides is 2. The Morgan fingerprint density at radius 2 is 1.83 bits per heavy atom. The maximum atomic E-state index is 12.1. The zero-order chi connectivity index (χ0) is 17.1. The fourth-order valence-corrected chi connectivity index (χ4v) is 2.92. The number of hydrazine groups is 1. The number of fused-ring (bicyclic) bond motifs is 1. The monoisotopic (exact) mass is 341 g/mol. The number of thiophene rings is 1. The normalized spacial score (nSPS) is 10.4. The largest absolute Gasteiger partial charge is 0.497 e. The molecule has 0 fully saturated rings. The second kappa shape index (κ2) is 6.67. The summed E-state index contributed by atoms with van der Waals surface area (Å²) >= 11 is 1.36. The van der Waals surface area contributed by atoms with Crippen LogP contribution in [0.4, 0.5) is 0 Å². The van der Waals surface area contributed by atoms with E-state index in [-0.39, 0.29) is 11.6 Å². The number of pyridine rings is 1. The van der Waals surface area contributed by atoms with E-state index in [1.54, 1.807) is 37.4 Å². The third-order valence-electron chi connectivity index (χ3n) is 3.38. The molecule has 0 spiro atoms. The summed E-state index contributed by atoms with van der Waals surface area (Å²) < 4.78 is 5.16. The Labute approximate surface area is 142 Å². The van der Waals surface area contributed by atoms with Crippen LogP contribution >= 0.6 is 11.3 Å². The molecule has 2 heterocycles. The van der Waals surface area contributed by atoms with Gasteiger partial charge in [0.05, 0.1) is 17.5 Å². The summed E-state index contributed by atoms with van der Waals surface area (Å²) in [5, 5.41) is 0.865. The minimum atomic E-state index is -0.477. The number of hydrogen-bond donors (Lipinski definition) is 2. The summed E-state index contributed by atoms with van der Waals surface area (Å²) in [7, 11) is 1.59. The van der Waals surface area contributed by atoms with Gasteiger partial charge in [0.15, 0.2) is 0 Å². The molecule has 7 heteroatoms. The average molecular weight is 341 g/mol. The van der Waals surface area contributed by atoms with Gasteiger partial charge < -0.3 is 4.74 Å². The molecule has 0 atom stereocenters. The second-order valence-electron chi connectivity index (χ2n) is 5.07. The van der Waals surface area contributed by atoms with Crippen LogP contribution in [0.15, 0.2) is 42.5 Å². The van der Waals surface area contributed by atoms with Gasteiger partial charge in [0, 0.05) is 10.3 Å². The van der Waals surface area contributed by atoms with Gasteiger partial charge in [-0.25, -0.2) is 4.98 Å². The number of benzene rings is 1. The summed E-state index contributed by atoms with van der Waals surface area (Å²) in [6.07, 6.45) is 0. The molecular formula is C17H15N3O3S. The topological polar surface area (TPSA) is 80.3 Å². The highest BCUT2D eigenvalue weighted by atomic mass is 32.1. The lowest BCUT2D eigenvalue weighted by molar-refractivity contribution is 0.0846. The first-order valence-corrected chi connectivity index (χ1v) is 8.00. The van der Waals surface area contributed by atoms with E-state index in [0.717, 1.165) is 16.0 Å². The first-order chi connectivity index (χ1) is 11.6. The number of nitrogens with zero attached hydrogens (tertiary/aromatic N) is 1. The third-order valence-corrected chi connectivity index (χ3v) is 4.38. The maximum Gasteiger partial charge on any atom is 0.288 e. The lowest BCUT2D eigenvalue weighted by atomic mass is 10.2. The average Bonchev–Trinajstić information content (AvgIpc) is 3.04. The number of aromatic nitrogens is 1. The Balaban J connectivity index is 1.70. The number of nitrogens with one attached hydrogen (secondary N) is 2. The van der Waals surface area contributed by atoms with Crippen molar-refractivity contribution in [3.8, 4) is 5.75 Å². The lowest BCUT2D eigenvalue weighted by Crippen LogP contribution is -2.41. The standard InChI is InChI=1S/C17H15N3O3S/c1-10-3-8-15(24-10)17(22)20-19-16(21)14-6-4-11-9-12(23-2)5-7-13(11)18-14/h3-9H,1-2H3,(H,19,21)(H,20,22). The molecule has 2 aromatic heterocycles. The van der Waals surface area contributed by atoms with Crippen molar-refractivity contribution >= 4 is 34.1 Å². The molecule has 0 aliphatic heterocycles. The summed E-state index contributed by atoms with van der Waals surface area (Å²) in [6.45, 7) is 1.91. The van der Waals surface area contributed by atoms with Crippen molar-refractivity contribution in [2.45, 2.75) is 6.92 Å². The van der Waals surface area contributed by atoms with Gasteiger partial charge >= 0.3 is 0 Å². The van der Waals surface area contributed by atoms with Gasteiger partial charge in [-0.1, -0.05) is 6.07 Å². The van der Waals surface area contributed by atoms with Crippen molar-refractivity contribution in [2.75, 3.05) is 7.11 Å². The van der Waals surface area contributed by atoms with Gasteiger partial charge in [-0.3, -0.25) is 20.4 Å². The van der Waals surface area contributed by atoms with Gasteiger partial charge in [0.1, 0.15) is 11.4 Å². The first-order valence-electron chi connectivity index (χ1n) is 7.19. The van der Waals surface area contributed by atoms with Gasteiger partial charge in [-0.05, 0) is 43.3 Å². The van der Waals surface area contributed by atoms with Crippen LogP contribution in [0.25, 0.3) is 10.9 Å². The van der Waals surface area contributed by atoms with Gasteiger partial charge in [0.25, 0.3) is 11.8 Å². The molecule has 2 amide bonds. The van der Waals surface area contributed by atoms with Crippen LogP contribution in [0.1, 0.15) is 25.0 Å². The molecule has 0 saturated heterocycles. The molecule has 0 radical (unpaired) electrons.